The van der Waals surface area contributed by atoms with E-state index in [1.165, 1.54) is 12.1 Å². The number of ether oxygens (including phenoxy) is 1. The zero-order chi connectivity index (χ0) is 23.4. The Morgan fingerprint density at radius 1 is 1.24 bits per heavy atom. The van der Waals surface area contributed by atoms with Gasteiger partial charge in [-0.1, -0.05) is 29.8 Å². The van der Waals surface area contributed by atoms with Gasteiger partial charge in [-0.2, -0.15) is 0 Å². The van der Waals surface area contributed by atoms with Crippen LogP contribution in [0.5, 0.6) is 0 Å². The van der Waals surface area contributed by atoms with Crippen LogP contribution in [0.4, 0.5) is 10.1 Å². The number of aliphatic hydroxyl groups is 1. The highest BCUT2D eigenvalue weighted by molar-refractivity contribution is 6.31. The lowest BCUT2D eigenvalue weighted by atomic mass is 9.99. The molecule has 0 spiro atoms. The Labute approximate surface area is 194 Å². The number of carbonyl (C=O) groups is 2. The third-order valence-electron chi connectivity index (χ3n) is 5.35. The van der Waals surface area contributed by atoms with E-state index in [1.54, 1.807) is 41.4 Å². The molecule has 2 amide bonds. The summed E-state index contributed by atoms with van der Waals surface area (Å²) in [6.07, 6.45) is 0.650. The number of morpholine rings is 1. The first-order valence-corrected chi connectivity index (χ1v) is 10.6. The van der Waals surface area contributed by atoms with E-state index in [1.807, 2.05) is 12.1 Å². The van der Waals surface area contributed by atoms with Crippen LogP contribution in [0.25, 0.3) is 0 Å². The van der Waals surface area contributed by atoms with Gasteiger partial charge in [-0.25, -0.2) is 4.39 Å². The summed E-state index contributed by atoms with van der Waals surface area (Å²) in [7, 11) is 0. The van der Waals surface area contributed by atoms with Crippen molar-refractivity contribution in [1.29, 1.82) is 0 Å². The van der Waals surface area contributed by atoms with E-state index < -0.39 is 23.9 Å². The van der Waals surface area contributed by atoms with E-state index in [0.717, 1.165) is 6.07 Å². The molecular formula is C24H21ClFN3O4. The Morgan fingerprint density at radius 3 is 2.73 bits per heavy atom. The number of pyridine rings is 1. The first kappa shape index (κ1) is 22.8. The SMILES string of the molecule is O=C(Nc1ccc(C(O)C2COCC(=O)N2Cc2ccccn2)cc1)c1ccc(F)c(Cl)c1. The van der Waals surface area contributed by atoms with Crippen molar-refractivity contribution in [2.75, 3.05) is 18.5 Å². The highest BCUT2D eigenvalue weighted by atomic mass is 35.5. The van der Waals surface area contributed by atoms with Crippen LogP contribution in [0.1, 0.15) is 27.7 Å². The van der Waals surface area contributed by atoms with Crippen molar-refractivity contribution in [2.45, 2.75) is 18.7 Å². The van der Waals surface area contributed by atoms with Gasteiger partial charge in [-0.3, -0.25) is 14.6 Å². The van der Waals surface area contributed by atoms with Gasteiger partial charge in [0.1, 0.15) is 18.5 Å². The Hall–Kier alpha value is -3.33. The number of hydrogen-bond acceptors (Lipinski definition) is 5. The average molecular weight is 470 g/mol. The molecule has 3 aromatic rings. The second-order valence-electron chi connectivity index (χ2n) is 7.58. The standard InChI is InChI=1S/C24H21ClFN3O4/c25-19-11-16(6-9-20(19)26)24(32)28-17-7-4-15(5-8-17)23(31)21-13-33-14-22(30)29(21)12-18-3-1-2-10-27-18/h1-11,21,23,31H,12-14H2,(H,28,32). The summed E-state index contributed by atoms with van der Waals surface area (Å²) in [6.45, 7) is 0.400. The Balaban J connectivity index is 1.46. The number of halogens is 2. The number of benzene rings is 2. The molecule has 0 saturated carbocycles. The highest BCUT2D eigenvalue weighted by Gasteiger charge is 2.34. The predicted molar refractivity (Wildman–Crippen MR) is 120 cm³/mol. The summed E-state index contributed by atoms with van der Waals surface area (Å²) in [5.41, 5.74) is 1.97. The molecule has 0 bridgehead atoms. The monoisotopic (exact) mass is 469 g/mol. The molecule has 9 heteroatoms. The molecule has 2 atom stereocenters. The lowest BCUT2D eigenvalue weighted by Gasteiger charge is -2.38. The quantitative estimate of drug-likeness (QED) is 0.575. The zero-order valence-electron chi connectivity index (χ0n) is 17.4. The number of nitrogens with one attached hydrogen (secondary N) is 1. The molecule has 1 aliphatic heterocycles. The second-order valence-corrected chi connectivity index (χ2v) is 7.98. The molecule has 1 aliphatic rings. The van der Waals surface area contributed by atoms with Crippen molar-refractivity contribution in [1.82, 2.24) is 9.88 Å². The van der Waals surface area contributed by atoms with Gasteiger partial charge in [-0.15, -0.1) is 0 Å². The lowest BCUT2D eigenvalue weighted by Crippen LogP contribution is -2.51. The molecule has 2 N–H and O–H groups in total. The first-order valence-electron chi connectivity index (χ1n) is 10.2. The van der Waals surface area contributed by atoms with E-state index in [0.29, 0.717) is 16.9 Å². The molecule has 1 aromatic heterocycles. The lowest BCUT2D eigenvalue weighted by molar-refractivity contribution is -0.155. The van der Waals surface area contributed by atoms with Crippen molar-refractivity contribution in [3.05, 3.63) is 94.5 Å². The number of carbonyl (C=O) groups excluding carboxylic acids is 2. The normalized spacial score (nSPS) is 17.0. The number of amides is 2. The fraction of sp³-hybridized carbons (Fsp3) is 0.208. The van der Waals surface area contributed by atoms with Gasteiger partial charge in [-0.05, 0) is 48.0 Å². The van der Waals surface area contributed by atoms with Gasteiger partial charge in [0.2, 0.25) is 5.91 Å². The van der Waals surface area contributed by atoms with Crippen LogP contribution in [-0.2, 0) is 16.1 Å². The van der Waals surface area contributed by atoms with E-state index in [2.05, 4.69) is 10.3 Å². The van der Waals surface area contributed by atoms with Gasteiger partial charge in [0.15, 0.2) is 0 Å². The maximum Gasteiger partial charge on any atom is 0.255 e. The summed E-state index contributed by atoms with van der Waals surface area (Å²) in [6, 6.07) is 15.2. The van der Waals surface area contributed by atoms with Crippen molar-refractivity contribution >= 4 is 29.1 Å². The largest absolute Gasteiger partial charge is 0.386 e. The molecule has 0 radical (unpaired) electrons. The smallest absolute Gasteiger partial charge is 0.255 e. The van der Waals surface area contributed by atoms with Crippen molar-refractivity contribution < 1.29 is 23.8 Å². The van der Waals surface area contributed by atoms with Gasteiger partial charge >= 0.3 is 0 Å². The molecule has 2 heterocycles. The predicted octanol–water partition coefficient (Wildman–Crippen LogP) is 3.59. The van der Waals surface area contributed by atoms with Crippen LogP contribution in [0.3, 0.4) is 0 Å². The van der Waals surface area contributed by atoms with Crippen LogP contribution in [0.2, 0.25) is 5.02 Å². The van der Waals surface area contributed by atoms with Gasteiger partial charge in [0, 0.05) is 17.4 Å². The van der Waals surface area contributed by atoms with Crippen LogP contribution >= 0.6 is 11.6 Å². The van der Waals surface area contributed by atoms with Gasteiger partial charge in [0.05, 0.1) is 29.9 Å². The van der Waals surface area contributed by atoms with E-state index >= 15 is 0 Å². The Morgan fingerprint density at radius 2 is 2.03 bits per heavy atom. The van der Waals surface area contributed by atoms with Crippen LogP contribution in [-0.4, -0.2) is 46.1 Å². The summed E-state index contributed by atoms with van der Waals surface area (Å²) in [5.74, 6) is -1.27. The maximum atomic E-state index is 13.3. The number of aromatic nitrogens is 1. The topological polar surface area (TPSA) is 91.8 Å². The van der Waals surface area contributed by atoms with Crippen LogP contribution in [0, 0.1) is 5.82 Å². The van der Waals surface area contributed by atoms with Crippen molar-refractivity contribution in [3.63, 3.8) is 0 Å². The van der Waals surface area contributed by atoms with E-state index in [-0.39, 0.29) is 36.3 Å². The van der Waals surface area contributed by atoms with E-state index in [4.69, 9.17) is 16.3 Å². The van der Waals surface area contributed by atoms with Gasteiger partial charge < -0.3 is 20.1 Å². The molecule has 2 aromatic carbocycles. The molecule has 0 aliphatic carbocycles. The highest BCUT2D eigenvalue weighted by Crippen LogP contribution is 2.27. The second kappa shape index (κ2) is 10.1. The average Bonchev–Trinajstić information content (AvgIpc) is 2.83. The third-order valence-corrected chi connectivity index (χ3v) is 5.64. The summed E-state index contributed by atoms with van der Waals surface area (Å²) >= 11 is 5.74. The minimum absolute atomic E-state index is 0.0472. The minimum Gasteiger partial charge on any atom is -0.386 e. The fourth-order valence-corrected chi connectivity index (χ4v) is 3.76. The molecular weight excluding hydrogens is 449 g/mol. The fourth-order valence-electron chi connectivity index (χ4n) is 3.58. The van der Waals surface area contributed by atoms with Crippen LogP contribution < -0.4 is 5.32 Å². The first-order chi connectivity index (χ1) is 15.9. The number of aliphatic hydroxyl groups excluding tert-OH is 1. The summed E-state index contributed by atoms with van der Waals surface area (Å²) in [5, 5.41) is 13.5. The van der Waals surface area contributed by atoms with E-state index in [9.17, 15) is 19.1 Å². The molecule has 33 heavy (non-hydrogen) atoms. The molecule has 4 rings (SSSR count). The van der Waals surface area contributed by atoms with Gasteiger partial charge in [0.25, 0.3) is 5.91 Å². The molecule has 170 valence electrons. The number of hydrogen-bond donors (Lipinski definition) is 2. The number of anilines is 1. The number of rotatable bonds is 6. The Bertz CT molecular complexity index is 1140. The molecule has 1 fully saturated rings. The molecule has 7 nitrogen and oxygen atoms in total. The molecule has 1 saturated heterocycles. The van der Waals surface area contributed by atoms with Crippen LogP contribution in [0.15, 0.2) is 66.9 Å². The zero-order valence-corrected chi connectivity index (χ0v) is 18.2. The van der Waals surface area contributed by atoms with Crippen molar-refractivity contribution in [2.24, 2.45) is 0 Å². The minimum atomic E-state index is -1.00. The maximum absolute atomic E-state index is 13.3. The number of nitrogens with zero attached hydrogens (tertiary/aromatic N) is 2. The van der Waals surface area contributed by atoms with Crippen molar-refractivity contribution in [3.8, 4) is 0 Å². The Kier molecular flexibility index (Phi) is 6.98. The summed E-state index contributed by atoms with van der Waals surface area (Å²) in [4.78, 5) is 30.7. The third kappa shape index (κ3) is 5.36. The summed E-state index contributed by atoms with van der Waals surface area (Å²) < 4.78 is 18.7. The molecule has 2 unspecified atom stereocenters.